The van der Waals surface area contributed by atoms with E-state index in [-0.39, 0.29) is 0 Å². The number of carbonyl (C=O) groups is 2. The first-order chi connectivity index (χ1) is 12.2. The first kappa shape index (κ1) is 21.0. The van der Waals surface area contributed by atoms with Crippen molar-refractivity contribution in [2.75, 3.05) is 13.7 Å². The summed E-state index contributed by atoms with van der Waals surface area (Å²) in [6.45, 7) is 3.08. The van der Waals surface area contributed by atoms with Crippen molar-refractivity contribution in [1.82, 2.24) is 10.6 Å². The standard InChI is InChI=1S/C20H32N2O3/c1-3-4-5-6-7-8-9-10-14-21-19(23)20(24)22-16-17-12-11-13-18(15-17)25-2/h11-13,15H,3-10,14,16H2,1-2H3,(H,21,23)(H,22,24). The third-order valence-electron chi connectivity index (χ3n) is 4.11. The molecule has 0 aromatic heterocycles. The molecule has 1 aromatic carbocycles. The molecule has 2 amide bonds. The molecule has 5 nitrogen and oxygen atoms in total. The summed E-state index contributed by atoms with van der Waals surface area (Å²) < 4.78 is 5.13. The maximum atomic E-state index is 11.8. The fraction of sp³-hybridized carbons (Fsp3) is 0.600. The molecule has 0 aliphatic carbocycles. The number of amides is 2. The van der Waals surface area contributed by atoms with Gasteiger partial charge in [-0.1, -0.05) is 64.0 Å². The minimum absolute atomic E-state index is 0.307. The molecule has 1 aromatic rings. The zero-order valence-corrected chi connectivity index (χ0v) is 15.6. The molecule has 25 heavy (non-hydrogen) atoms. The molecule has 0 unspecified atom stereocenters. The minimum Gasteiger partial charge on any atom is -0.497 e. The summed E-state index contributed by atoms with van der Waals surface area (Å²) in [6.07, 6.45) is 9.68. The molecule has 2 N–H and O–H groups in total. The summed E-state index contributed by atoms with van der Waals surface area (Å²) in [4.78, 5) is 23.5. The van der Waals surface area contributed by atoms with Crippen LogP contribution >= 0.6 is 0 Å². The molecule has 0 bridgehead atoms. The smallest absolute Gasteiger partial charge is 0.309 e. The summed E-state index contributed by atoms with van der Waals surface area (Å²) in [5, 5.41) is 5.30. The topological polar surface area (TPSA) is 67.4 Å². The lowest BCUT2D eigenvalue weighted by Crippen LogP contribution is -2.39. The molecule has 0 saturated carbocycles. The highest BCUT2D eigenvalue weighted by Crippen LogP contribution is 2.12. The highest BCUT2D eigenvalue weighted by Gasteiger charge is 2.12. The fourth-order valence-electron chi connectivity index (χ4n) is 2.59. The summed E-state index contributed by atoms with van der Waals surface area (Å²) in [5.41, 5.74) is 0.892. The van der Waals surface area contributed by atoms with E-state index in [1.54, 1.807) is 7.11 Å². The SMILES string of the molecule is CCCCCCCCCCNC(=O)C(=O)NCc1cccc(OC)c1. The van der Waals surface area contributed by atoms with Gasteiger partial charge in [-0.05, 0) is 24.1 Å². The predicted octanol–water partition coefficient (Wildman–Crippen LogP) is 3.57. The Hall–Kier alpha value is -2.04. The Bertz CT molecular complexity index is 517. The lowest BCUT2D eigenvalue weighted by atomic mass is 10.1. The third kappa shape index (κ3) is 9.75. The largest absolute Gasteiger partial charge is 0.497 e. The van der Waals surface area contributed by atoms with Crippen LogP contribution in [0, 0.1) is 0 Å². The van der Waals surface area contributed by atoms with Gasteiger partial charge in [-0.2, -0.15) is 0 Å². The van der Waals surface area contributed by atoms with Crippen molar-refractivity contribution in [2.45, 2.75) is 64.8 Å². The van der Waals surface area contributed by atoms with Crippen molar-refractivity contribution in [1.29, 1.82) is 0 Å². The number of rotatable bonds is 12. The Morgan fingerprint density at radius 2 is 1.56 bits per heavy atom. The molecule has 140 valence electrons. The minimum atomic E-state index is -0.595. The van der Waals surface area contributed by atoms with Gasteiger partial charge in [0.25, 0.3) is 0 Å². The Balaban J connectivity index is 2.09. The first-order valence-corrected chi connectivity index (χ1v) is 9.36. The van der Waals surface area contributed by atoms with Crippen molar-refractivity contribution in [3.63, 3.8) is 0 Å². The Morgan fingerprint density at radius 1 is 0.920 bits per heavy atom. The van der Waals surface area contributed by atoms with Gasteiger partial charge in [-0.3, -0.25) is 9.59 Å². The molecular formula is C20H32N2O3. The average Bonchev–Trinajstić information content (AvgIpc) is 2.64. The van der Waals surface area contributed by atoms with E-state index in [1.807, 2.05) is 24.3 Å². The second-order valence-corrected chi connectivity index (χ2v) is 6.26. The summed E-state index contributed by atoms with van der Waals surface area (Å²) in [7, 11) is 1.59. The maximum Gasteiger partial charge on any atom is 0.309 e. The van der Waals surface area contributed by atoms with Gasteiger partial charge in [0, 0.05) is 13.1 Å². The Morgan fingerprint density at radius 3 is 2.24 bits per heavy atom. The van der Waals surface area contributed by atoms with E-state index in [9.17, 15) is 9.59 Å². The number of methoxy groups -OCH3 is 1. The van der Waals surface area contributed by atoms with Crippen molar-refractivity contribution in [2.24, 2.45) is 0 Å². The lowest BCUT2D eigenvalue weighted by Gasteiger charge is -2.08. The van der Waals surface area contributed by atoms with Gasteiger partial charge in [0.15, 0.2) is 0 Å². The van der Waals surface area contributed by atoms with Gasteiger partial charge in [0.05, 0.1) is 7.11 Å². The van der Waals surface area contributed by atoms with Gasteiger partial charge in [-0.15, -0.1) is 0 Å². The van der Waals surface area contributed by atoms with E-state index in [1.165, 1.54) is 38.5 Å². The molecule has 0 heterocycles. The zero-order chi connectivity index (χ0) is 18.3. The van der Waals surface area contributed by atoms with E-state index in [4.69, 9.17) is 4.74 Å². The lowest BCUT2D eigenvalue weighted by molar-refractivity contribution is -0.139. The van der Waals surface area contributed by atoms with Gasteiger partial charge in [-0.25, -0.2) is 0 Å². The molecule has 0 atom stereocenters. The van der Waals surface area contributed by atoms with Crippen LogP contribution in [0.25, 0.3) is 0 Å². The average molecular weight is 348 g/mol. The highest BCUT2D eigenvalue weighted by molar-refractivity contribution is 6.35. The van der Waals surface area contributed by atoms with Crippen molar-refractivity contribution < 1.29 is 14.3 Å². The van der Waals surface area contributed by atoms with Crippen LogP contribution in [0.4, 0.5) is 0 Å². The highest BCUT2D eigenvalue weighted by atomic mass is 16.5. The van der Waals surface area contributed by atoms with Crippen LogP contribution in [0.3, 0.4) is 0 Å². The third-order valence-corrected chi connectivity index (χ3v) is 4.11. The molecule has 1 rings (SSSR count). The van der Waals surface area contributed by atoms with Crippen molar-refractivity contribution in [3.8, 4) is 5.75 Å². The molecular weight excluding hydrogens is 316 g/mol. The molecule has 0 spiro atoms. The van der Waals surface area contributed by atoms with Gasteiger partial charge >= 0.3 is 11.8 Å². The van der Waals surface area contributed by atoms with Crippen LogP contribution in [0.5, 0.6) is 5.75 Å². The molecule has 0 aliphatic rings. The molecule has 5 heteroatoms. The van der Waals surface area contributed by atoms with E-state index in [2.05, 4.69) is 17.6 Å². The van der Waals surface area contributed by atoms with E-state index in [0.717, 1.165) is 24.2 Å². The maximum absolute atomic E-state index is 11.8. The number of hydrogen-bond acceptors (Lipinski definition) is 3. The monoisotopic (exact) mass is 348 g/mol. The Kier molecular flexibility index (Phi) is 11.2. The Labute approximate surface area is 151 Å². The van der Waals surface area contributed by atoms with Crippen molar-refractivity contribution >= 4 is 11.8 Å². The van der Waals surface area contributed by atoms with Gasteiger partial charge in [0.1, 0.15) is 5.75 Å². The van der Waals surface area contributed by atoms with Crippen LogP contribution in [0.15, 0.2) is 24.3 Å². The number of benzene rings is 1. The summed E-state index contributed by atoms with van der Waals surface area (Å²) in [6, 6.07) is 7.39. The van der Waals surface area contributed by atoms with E-state index >= 15 is 0 Å². The number of unbranched alkanes of at least 4 members (excludes halogenated alkanes) is 7. The van der Waals surface area contributed by atoms with Crippen LogP contribution in [-0.4, -0.2) is 25.5 Å². The number of carbonyl (C=O) groups excluding carboxylic acids is 2. The van der Waals surface area contributed by atoms with Gasteiger partial charge < -0.3 is 15.4 Å². The zero-order valence-electron chi connectivity index (χ0n) is 15.6. The number of nitrogens with one attached hydrogen (secondary N) is 2. The molecule has 0 radical (unpaired) electrons. The van der Waals surface area contributed by atoms with Crippen LogP contribution in [0.2, 0.25) is 0 Å². The van der Waals surface area contributed by atoms with E-state index in [0.29, 0.717) is 13.1 Å². The van der Waals surface area contributed by atoms with Gasteiger partial charge in [0.2, 0.25) is 0 Å². The number of ether oxygens (including phenoxy) is 1. The summed E-state index contributed by atoms with van der Waals surface area (Å²) in [5.74, 6) is -0.431. The van der Waals surface area contributed by atoms with E-state index < -0.39 is 11.8 Å². The molecule has 0 fully saturated rings. The molecule has 0 aliphatic heterocycles. The second kappa shape index (κ2) is 13.3. The predicted molar refractivity (Wildman–Crippen MR) is 100 cm³/mol. The first-order valence-electron chi connectivity index (χ1n) is 9.36. The number of hydrogen-bond donors (Lipinski definition) is 2. The fourth-order valence-corrected chi connectivity index (χ4v) is 2.59. The quantitative estimate of drug-likeness (QED) is 0.448. The van der Waals surface area contributed by atoms with Crippen LogP contribution in [-0.2, 0) is 16.1 Å². The van der Waals surface area contributed by atoms with Crippen LogP contribution < -0.4 is 15.4 Å². The summed E-state index contributed by atoms with van der Waals surface area (Å²) >= 11 is 0. The second-order valence-electron chi connectivity index (χ2n) is 6.26. The van der Waals surface area contributed by atoms with Crippen molar-refractivity contribution in [3.05, 3.63) is 29.8 Å². The normalized spacial score (nSPS) is 10.3. The van der Waals surface area contributed by atoms with Crippen LogP contribution in [0.1, 0.15) is 63.9 Å². The molecule has 0 saturated heterocycles.